The Morgan fingerprint density at radius 1 is 1.03 bits per heavy atom. The summed E-state index contributed by atoms with van der Waals surface area (Å²) in [6.45, 7) is 2.03. The molecule has 37 heavy (non-hydrogen) atoms. The van der Waals surface area contributed by atoms with Crippen LogP contribution in [0.1, 0.15) is 45.0 Å². The van der Waals surface area contributed by atoms with Crippen molar-refractivity contribution >= 4 is 50.2 Å². The molecule has 0 bridgehead atoms. The van der Waals surface area contributed by atoms with Crippen molar-refractivity contribution in [1.82, 2.24) is 0 Å². The molecular weight excluding hydrogens is 538 g/mol. The predicted octanol–water partition coefficient (Wildman–Crippen LogP) is 6.33. The summed E-state index contributed by atoms with van der Waals surface area (Å²) in [5, 5.41) is 11.7. The second-order valence-corrected chi connectivity index (χ2v) is 9.51. The fourth-order valence-electron chi connectivity index (χ4n) is 4.49. The van der Waals surface area contributed by atoms with E-state index in [0.717, 1.165) is 16.5 Å². The van der Waals surface area contributed by atoms with Crippen LogP contribution < -0.4 is 4.90 Å². The summed E-state index contributed by atoms with van der Waals surface area (Å²) in [5.41, 5.74) is 2.88. The maximum absolute atomic E-state index is 13.8. The van der Waals surface area contributed by atoms with Gasteiger partial charge in [-0.2, -0.15) is 0 Å². The van der Waals surface area contributed by atoms with E-state index in [0.29, 0.717) is 27.8 Å². The lowest BCUT2D eigenvalue weighted by Crippen LogP contribution is -2.31. The minimum Gasteiger partial charge on any atom is -0.503 e. The molecule has 1 aliphatic heterocycles. The molecule has 0 saturated carbocycles. The number of esters is 1. The average molecular weight is 560 g/mol. The lowest BCUT2D eigenvalue weighted by Gasteiger charge is -2.27. The third-order valence-electron chi connectivity index (χ3n) is 6.43. The molecule has 1 unspecified atom stereocenters. The number of halogens is 1. The Labute approximate surface area is 221 Å². The molecule has 1 atom stereocenters. The number of furan rings is 1. The minimum atomic E-state index is -0.908. The predicted molar refractivity (Wildman–Crippen MR) is 142 cm³/mol. The maximum Gasteiger partial charge on any atom is 0.337 e. The molecule has 5 rings (SSSR count). The smallest absolute Gasteiger partial charge is 0.337 e. The zero-order valence-corrected chi connectivity index (χ0v) is 21.6. The second kappa shape index (κ2) is 9.71. The highest BCUT2D eigenvalue weighted by Crippen LogP contribution is 2.42. The van der Waals surface area contributed by atoms with E-state index in [1.807, 2.05) is 37.3 Å². The quantitative estimate of drug-likeness (QED) is 0.219. The van der Waals surface area contributed by atoms with Gasteiger partial charge in [0.1, 0.15) is 5.58 Å². The monoisotopic (exact) mass is 559 g/mol. The van der Waals surface area contributed by atoms with Crippen LogP contribution in [0.5, 0.6) is 0 Å². The molecule has 1 amide bonds. The van der Waals surface area contributed by atoms with E-state index in [9.17, 15) is 19.5 Å². The summed E-state index contributed by atoms with van der Waals surface area (Å²) in [6.07, 6.45) is 0.823. The van der Waals surface area contributed by atoms with Crippen LogP contribution in [0.25, 0.3) is 11.0 Å². The summed E-state index contributed by atoms with van der Waals surface area (Å²) in [7, 11) is 1.28. The molecule has 2 heterocycles. The topological polar surface area (TPSA) is 97.0 Å². The third-order valence-corrected chi connectivity index (χ3v) is 6.92. The number of nitrogens with zero attached hydrogens (tertiary/aromatic N) is 1. The Morgan fingerprint density at radius 2 is 1.73 bits per heavy atom. The Hall–Kier alpha value is -4.17. The molecule has 0 spiro atoms. The summed E-state index contributed by atoms with van der Waals surface area (Å²) in [4.78, 5) is 40.4. The SMILES string of the molecule is CCc1ccc(C2C(C(=O)c3cc4cc(Br)ccc4o3)=C(O)C(=O)N2c2ccc(C(=O)OC)cc2)cc1. The van der Waals surface area contributed by atoms with E-state index in [4.69, 9.17) is 9.15 Å². The van der Waals surface area contributed by atoms with Gasteiger partial charge < -0.3 is 14.3 Å². The number of aliphatic hydroxyl groups is 1. The van der Waals surface area contributed by atoms with Gasteiger partial charge >= 0.3 is 5.97 Å². The van der Waals surface area contributed by atoms with Crippen LogP contribution in [0, 0.1) is 0 Å². The number of aliphatic hydroxyl groups excluding tert-OH is 1. The van der Waals surface area contributed by atoms with Gasteiger partial charge in [0.05, 0.1) is 24.3 Å². The molecule has 4 aromatic rings. The van der Waals surface area contributed by atoms with Crippen LogP contribution >= 0.6 is 15.9 Å². The van der Waals surface area contributed by atoms with Gasteiger partial charge in [0.2, 0.25) is 5.78 Å². The Morgan fingerprint density at radius 3 is 2.38 bits per heavy atom. The lowest BCUT2D eigenvalue weighted by atomic mass is 9.93. The van der Waals surface area contributed by atoms with Crippen molar-refractivity contribution in [1.29, 1.82) is 0 Å². The number of anilines is 1. The number of ether oxygens (including phenoxy) is 1. The highest BCUT2D eigenvalue weighted by molar-refractivity contribution is 9.10. The molecule has 0 saturated heterocycles. The Bertz CT molecular complexity index is 1570. The maximum atomic E-state index is 13.8. The van der Waals surface area contributed by atoms with Gasteiger partial charge in [-0.05, 0) is 66.1 Å². The van der Waals surface area contributed by atoms with Crippen LogP contribution in [-0.4, -0.2) is 29.9 Å². The minimum absolute atomic E-state index is 0.0144. The fourth-order valence-corrected chi connectivity index (χ4v) is 4.87. The highest BCUT2D eigenvalue weighted by Gasteiger charge is 2.45. The number of rotatable bonds is 6. The third kappa shape index (κ3) is 4.34. The number of hydrogen-bond donors (Lipinski definition) is 1. The number of aryl methyl sites for hydroxylation is 1. The number of carbonyl (C=O) groups excluding carboxylic acids is 3. The summed E-state index contributed by atoms with van der Waals surface area (Å²) in [6, 6.07) is 19.8. The number of benzene rings is 3. The van der Waals surface area contributed by atoms with Crippen molar-refractivity contribution in [2.45, 2.75) is 19.4 Å². The Balaban J connectivity index is 1.62. The summed E-state index contributed by atoms with van der Waals surface area (Å²) >= 11 is 3.41. The molecule has 1 N–H and O–H groups in total. The second-order valence-electron chi connectivity index (χ2n) is 8.60. The van der Waals surface area contributed by atoms with Crippen molar-refractivity contribution in [2.75, 3.05) is 12.0 Å². The first-order valence-electron chi connectivity index (χ1n) is 11.6. The van der Waals surface area contributed by atoms with Crippen molar-refractivity contribution in [3.05, 3.63) is 111 Å². The fraction of sp³-hybridized carbons (Fsp3) is 0.138. The first-order chi connectivity index (χ1) is 17.8. The van der Waals surface area contributed by atoms with Gasteiger partial charge in [-0.25, -0.2) is 4.79 Å². The van der Waals surface area contributed by atoms with Gasteiger partial charge in [0.25, 0.3) is 5.91 Å². The van der Waals surface area contributed by atoms with Crippen molar-refractivity contribution in [3.8, 4) is 0 Å². The average Bonchev–Trinajstić information content (AvgIpc) is 3.46. The Kier molecular flexibility index (Phi) is 6.43. The molecular formula is C29H22BrNO6. The molecule has 0 fully saturated rings. The largest absolute Gasteiger partial charge is 0.503 e. The van der Waals surface area contributed by atoms with E-state index in [1.165, 1.54) is 24.1 Å². The molecule has 7 nitrogen and oxygen atoms in total. The van der Waals surface area contributed by atoms with Crippen molar-refractivity contribution in [3.63, 3.8) is 0 Å². The van der Waals surface area contributed by atoms with E-state index >= 15 is 0 Å². The standard InChI is InChI=1S/C29H22BrNO6/c1-3-16-4-6-17(7-5-16)25-24(26(32)23-15-19-14-20(30)10-13-22(19)37-23)27(33)28(34)31(25)21-11-8-18(9-12-21)29(35)36-2/h4-15,25,33H,3H2,1-2H3. The number of amides is 1. The van der Waals surface area contributed by atoms with Gasteiger partial charge in [-0.1, -0.05) is 47.1 Å². The zero-order chi connectivity index (χ0) is 26.3. The number of hydrogen-bond acceptors (Lipinski definition) is 6. The van der Waals surface area contributed by atoms with E-state index in [1.54, 1.807) is 30.3 Å². The van der Waals surface area contributed by atoms with Gasteiger partial charge in [0.15, 0.2) is 11.5 Å². The van der Waals surface area contributed by atoms with Crippen LogP contribution in [-0.2, 0) is 16.0 Å². The van der Waals surface area contributed by atoms with Crippen LogP contribution in [0.4, 0.5) is 5.69 Å². The summed E-state index contributed by atoms with van der Waals surface area (Å²) in [5.74, 6) is -2.46. The molecule has 0 radical (unpaired) electrons. The highest BCUT2D eigenvalue weighted by atomic mass is 79.9. The van der Waals surface area contributed by atoms with Gasteiger partial charge in [-0.15, -0.1) is 0 Å². The molecule has 0 aliphatic carbocycles. The number of carbonyl (C=O) groups is 3. The first-order valence-corrected chi connectivity index (χ1v) is 12.4. The van der Waals surface area contributed by atoms with Crippen molar-refractivity contribution in [2.24, 2.45) is 0 Å². The summed E-state index contributed by atoms with van der Waals surface area (Å²) < 4.78 is 11.4. The molecule has 3 aromatic carbocycles. The number of ketones is 1. The van der Waals surface area contributed by atoms with Gasteiger partial charge in [0, 0.05) is 15.5 Å². The van der Waals surface area contributed by atoms with E-state index in [2.05, 4.69) is 15.9 Å². The normalized spacial score (nSPS) is 15.5. The van der Waals surface area contributed by atoms with Crippen LogP contribution in [0.15, 0.2) is 93.0 Å². The first kappa shape index (κ1) is 24.5. The lowest BCUT2D eigenvalue weighted by molar-refractivity contribution is -0.117. The number of methoxy groups -OCH3 is 1. The number of fused-ring (bicyclic) bond motifs is 1. The molecule has 1 aromatic heterocycles. The van der Waals surface area contributed by atoms with Crippen LogP contribution in [0.3, 0.4) is 0 Å². The van der Waals surface area contributed by atoms with E-state index in [-0.39, 0.29) is 11.3 Å². The zero-order valence-electron chi connectivity index (χ0n) is 20.0. The molecule has 1 aliphatic rings. The van der Waals surface area contributed by atoms with Crippen LogP contribution in [0.2, 0.25) is 0 Å². The number of Topliss-reactive ketones (excluding diaryl/α,β-unsaturated/α-hetero) is 1. The van der Waals surface area contributed by atoms with Crippen molar-refractivity contribution < 1.29 is 28.6 Å². The molecule has 186 valence electrons. The van der Waals surface area contributed by atoms with Gasteiger partial charge in [-0.3, -0.25) is 14.5 Å². The van der Waals surface area contributed by atoms with E-state index < -0.39 is 29.5 Å². The molecule has 8 heteroatoms.